The van der Waals surface area contributed by atoms with E-state index in [4.69, 9.17) is 0 Å². The third-order valence-electron chi connectivity index (χ3n) is 4.42. The van der Waals surface area contributed by atoms with E-state index in [1.54, 1.807) is 6.07 Å². The highest BCUT2D eigenvalue weighted by Crippen LogP contribution is 2.33. The molecule has 0 spiro atoms. The van der Waals surface area contributed by atoms with Crippen LogP contribution in [0.3, 0.4) is 0 Å². The van der Waals surface area contributed by atoms with Gasteiger partial charge in [-0.3, -0.25) is 0 Å². The Morgan fingerprint density at radius 1 is 1.17 bits per heavy atom. The van der Waals surface area contributed by atoms with Gasteiger partial charge in [0.2, 0.25) is 0 Å². The predicted molar refractivity (Wildman–Crippen MR) is 94.6 cm³/mol. The second-order valence-corrected chi connectivity index (χ2v) is 6.56. The summed E-state index contributed by atoms with van der Waals surface area (Å²) in [5.41, 5.74) is 4.93. The van der Waals surface area contributed by atoms with Crippen LogP contribution < -0.4 is 0 Å². The van der Waals surface area contributed by atoms with Crippen LogP contribution >= 0.6 is 0 Å². The zero-order chi connectivity index (χ0) is 17.0. The van der Waals surface area contributed by atoms with Crippen LogP contribution in [0, 0.1) is 19.7 Å². The lowest BCUT2D eigenvalue weighted by Crippen LogP contribution is -2.02. The van der Waals surface area contributed by atoms with Crippen molar-refractivity contribution in [1.29, 1.82) is 0 Å². The summed E-state index contributed by atoms with van der Waals surface area (Å²) in [5, 5.41) is 1.00. The lowest BCUT2D eigenvalue weighted by molar-refractivity contribution is 0.600. The molecule has 24 heavy (non-hydrogen) atoms. The molecule has 0 aliphatic carbocycles. The van der Waals surface area contributed by atoms with E-state index in [0.717, 1.165) is 39.1 Å². The van der Waals surface area contributed by atoms with Crippen LogP contribution in [0.5, 0.6) is 0 Å². The molecule has 0 aliphatic heterocycles. The molecule has 5 heteroatoms. The molecule has 4 rings (SSSR count). The number of nitrogens with zero attached hydrogens (tertiary/aromatic N) is 3. The molecule has 4 nitrogen and oxygen atoms in total. The van der Waals surface area contributed by atoms with Crippen molar-refractivity contribution in [2.75, 3.05) is 0 Å². The number of fused-ring (bicyclic) bond motifs is 2. The molecule has 1 N–H and O–H groups in total. The molecule has 0 aliphatic rings. The SMILES string of the molecule is Cc1cnc2[nH]cc(-c3cc(F)c4nc(C)n(C(C)C)c4c3)c2c1. The number of aromatic amines is 1. The third kappa shape index (κ3) is 2.12. The number of imidazole rings is 1. The second kappa shape index (κ2) is 5.16. The maximum Gasteiger partial charge on any atom is 0.151 e. The van der Waals surface area contributed by atoms with Gasteiger partial charge in [-0.05, 0) is 57.0 Å². The summed E-state index contributed by atoms with van der Waals surface area (Å²) in [5.74, 6) is 0.535. The molecule has 0 saturated carbocycles. The highest BCUT2D eigenvalue weighted by molar-refractivity contribution is 5.96. The fourth-order valence-corrected chi connectivity index (χ4v) is 3.42. The largest absolute Gasteiger partial charge is 0.346 e. The molecule has 0 unspecified atom stereocenters. The summed E-state index contributed by atoms with van der Waals surface area (Å²) >= 11 is 0. The monoisotopic (exact) mass is 322 g/mol. The Balaban J connectivity index is 2.03. The minimum Gasteiger partial charge on any atom is -0.346 e. The van der Waals surface area contributed by atoms with Crippen LogP contribution in [0.1, 0.15) is 31.3 Å². The van der Waals surface area contributed by atoms with Gasteiger partial charge in [0, 0.05) is 29.4 Å². The molecule has 0 atom stereocenters. The number of rotatable bonds is 2. The summed E-state index contributed by atoms with van der Waals surface area (Å²) in [6.07, 6.45) is 3.71. The molecule has 3 aromatic heterocycles. The minimum atomic E-state index is -0.292. The standard InChI is InChI=1S/C19H19FN4/c1-10(2)24-12(4)23-18-16(20)6-13(7-17(18)24)15-9-22-19-14(15)5-11(3)8-21-19/h5-10H,1-4H3,(H,21,22). The molecule has 0 saturated heterocycles. The number of hydrogen-bond donors (Lipinski definition) is 1. The topological polar surface area (TPSA) is 46.5 Å². The first-order valence-corrected chi connectivity index (χ1v) is 8.08. The van der Waals surface area contributed by atoms with Gasteiger partial charge in [-0.15, -0.1) is 0 Å². The predicted octanol–water partition coefficient (Wildman–Crippen LogP) is 4.92. The van der Waals surface area contributed by atoms with E-state index in [1.807, 2.05) is 32.3 Å². The summed E-state index contributed by atoms with van der Waals surface area (Å²) in [7, 11) is 0. The first kappa shape index (κ1) is 14.9. The molecule has 4 aromatic rings. The van der Waals surface area contributed by atoms with E-state index >= 15 is 0 Å². The lowest BCUT2D eigenvalue weighted by Gasteiger charge is -2.11. The van der Waals surface area contributed by atoms with Gasteiger partial charge in [-0.1, -0.05) is 0 Å². The third-order valence-corrected chi connectivity index (χ3v) is 4.42. The Hall–Kier alpha value is -2.69. The van der Waals surface area contributed by atoms with Crippen molar-refractivity contribution in [2.24, 2.45) is 0 Å². The van der Waals surface area contributed by atoms with E-state index < -0.39 is 0 Å². The Labute approximate surface area is 139 Å². The number of hydrogen-bond acceptors (Lipinski definition) is 2. The molecule has 3 heterocycles. The molecule has 0 bridgehead atoms. The fourth-order valence-electron chi connectivity index (χ4n) is 3.42. The summed E-state index contributed by atoms with van der Waals surface area (Å²) in [4.78, 5) is 12.0. The number of nitrogens with one attached hydrogen (secondary N) is 1. The minimum absolute atomic E-state index is 0.219. The number of pyridine rings is 1. The van der Waals surface area contributed by atoms with E-state index in [2.05, 4.69) is 39.4 Å². The van der Waals surface area contributed by atoms with Gasteiger partial charge in [-0.25, -0.2) is 14.4 Å². The Bertz CT molecular complexity index is 1070. The summed E-state index contributed by atoms with van der Waals surface area (Å²) < 4.78 is 16.7. The normalized spacial score (nSPS) is 11.9. The van der Waals surface area contributed by atoms with Gasteiger partial charge in [-0.2, -0.15) is 0 Å². The number of H-pyrrole nitrogens is 1. The van der Waals surface area contributed by atoms with Gasteiger partial charge in [0.15, 0.2) is 5.82 Å². The highest BCUT2D eigenvalue weighted by Gasteiger charge is 2.17. The van der Waals surface area contributed by atoms with Crippen LogP contribution in [0.25, 0.3) is 33.2 Å². The maximum atomic E-state index is 14.7. The smallest absolute Gasteiger partial charge is 0.151 e. The first-order chi connectivity index (χ1) is 11.5. The zero-order valence-corrected chi connectivity index (χ0v) is 14.2. The quantitative estimate of drug-likeness (QED) is 0.569. The highest BCUT2D eigenvalue weighted by atomic mass is 19.1. The average Bonchev–Trinajstić information content (AvgIpc) is 3.07. The Morgan fingerprint density at radius 2 is 1.96 bits per heavy atom. The van der Waals surface area contributed by atoms with Crippen molar-refractivity contribution in [2.45, 2.75) is 33.7 Å². The van der Waals surface area contributed by atoms with Crippen molar-refractivity contribution in [3.63, 3.8) is 0 Å². The van der Waals surface area contributed by atoms with Gasteiger partial charge in [0.05, 0.1) is 5.52 Å². The maximum absolute atomic E-state index is 14.7. The van der Waals surface area contributed by atoms with E-state index in [-0.39, 0.29) is 11.9 Å². The summed E-state index contributed by atoms with van der Waals surface area (Å²) in [6.45, 7) is 8.08. The van der Waals surface area contributed by atoms with Crippen LogP contribution in [-0.4, -0.2) is 19.5 Å². The fraction of sp³-hybridized carbons (Fsp3) is 0.263. The molecule has 0 fully saturated rings. The van der Waals surface area contributed by atoms with Crippen LogP contribution in [-0.2, 0) is 0 Å². The Kier molecular flexibility index (Phi) is 3.20. The molecular formula is C19H19FN4. The van der Waals surface area contributed by atoms with Gasteiger partial charge in [0.25, 0.3) is 0 Å². The van der Waals surface area contributed by atoms with Crippen LogP contribution in [0.4, 0.5) is 4.39 Å². The van der Waals surface area contributed by atoms with Crippen molar-refractivity contribution in [3.05, 3.63) is 47.8 Å². The summed E-state index contributed by atoms with van der Waals surface area (Å²) in [6, 6.07) is 5.87. The number of benzene rings is 1. The molecular weight excluding hydrogens is 303 g/mol. The van der Waals surface area contributed by atoms with E-state index in [1.165, 1.54) is 0 Å². The van der Waals surface area contributed by atoms with E-state index in [9.17, 15) is 4.39 Å². The second-order valence-electron chi connectivity index (χ2n) is 6.56. The Morgan fingerprint density at radius 3 is 2.71 bits per heavy atom. The average molecular weight is 322 g/mol. The number of halogens is 1. The van der Waals surface area contributed by atoms with Crippen LogP contribution in [0.15, 0.2) is 30.6 Å². The van der Waals surface area contributed by atoms with Gasteiger partial charge in [0.1, 0.15) is 17.0 Å². The molecule has 0 amide bonds. The lowest BCUT2D eigenvalue weighted by atomic mass is 10.0. The first-order valence-electron chi connectivity index (χ1n) is 8.08. The van der Waals surface area contributed by atoms with E-state index in [0.29, 0.717) is 5.52 Å². The molecule has 122 valence electrons. The van der Waals surface area contributed by atoms with Gasteiger partial charge >= 0.3 is 0 Å². The van der Waals surface area contributed by atoms with Crippen molar-refractivity contribution >= 4 is 22.1 Å². The van der Waals surface area contributed by atoms with Crippen LogP contribution in [0.2, 0.25) is 0 Å². The number of aromatic nitrogens is 4. The zero-order valence-electron chi connectivity index (χ0n) is 14.2. The van der Waals surface area contributed by atoms with Crippen molar-refractivity contribution in [3.8, 4) is 11.1 Å². The van der Waals surface area contributed by atoms with Crippen molar-refractivity contribution < 1.29 is 4.39 Å². The molecule has 1 aromatic carbocycles. The van der Waals surface area contributed by atoms with Gasteiger partial charge < -0.3 is 9.55 Å². The molecule has 0 radical (unpaired) electrons. The van der Waals surface area contributed by atoms with Crippen molar-refractivity contribution in [1.82, 2.24) is 19.5 Å². The number of aryl methyl sites for hydroxylation is 2.